The van der Waals surface area contributed by atoms with Gasteiger partial charge in [-0.1, -0.05) is 71.9 Å². The van der Waals surface area contributed by atoms with Gasteiger partial charge < -0.3 is 0 Å². The molecule has 1 aromatic carbocycles. The van der Waals surface area contributed by atoms with Crippen molar-refractivity contribution in [3.05, 3.63) is 83.0 Å². The summed E-state index contributed by atoms with van der Waals surface area (Å²) in [5.41, 5.74) is 7.13. The summed E-state index contributed by atoms with van der Waals surface area (Å²) in [6.07, 6.45) is 12.8. The molecule has 0 radical (unpaired) electrons. The third kappa shape index (κ3) is 5.71. The maximum atomic E-state index is 4.28. The lowest BCUT2D eigenvalue weighted by atomic mass is 9.98. The van der Waals surface area contributed by atoms with Gasteiger partial charge in [0.15, 0.2) is 0 Å². The standard InChI is InChI=1S/C23H30/c1-18(2)10-8-11-19(3)12-9-15-22-17-23(16-20(22)4)21-13-6-5-7-14-21/h5-7,10,12-14,17,23H,4,8-9,11,15-16H2,1-3H3/b19-12+. The van der Waals surface area contributed by atoms with Crippen molar-refractivity contribution in [3.8, 4) is 0 Å². The molecule has 122 valence electrons. The van der Waals surface area contributed by atoms with Crippen LogP contribution in [0, 0.1) is 0 Å². The lowest BCUT2D eigenvalue weighted by Crippen LogP contribution is -1.89. The summed E-state index contributed by atoms with van der Waals surface area (Å²) in [5, 5.41) is 0. The van der Waals surface area contributed by atoms with Crippen LogP contribution in [0.4, 0.5) is 0 Å². The van der Waals surface area contributed by atoms with E-state index in [0.717, 1.165) is 25.7 Å². The van der Waals surface area contributed by atoms with Gasteiger partial charge in [-0.3, -0.25) is 0 Å². The van der Waals surface area contributed by atoms with Crippen molar-refractivity contribution in [3.63, 3.8) is 0 Å². The van der Waals surface area contributed by atoms with Gasteiger partial charge in [0.1, 0.15) is 0 Å². The second-order valence-electron chi connectivity index (χ2n) is 6.93. The molecule has 0 fully saturated rings. The fourth-order valence-electron chi connectivity index (χ4n) is 3.16. The van der Waals surface area contributed by atoms with Gasteiger partial charge in [-0.15, -0.1) is 0 Å². The Bertz CT molecular complexity index is 607. The van der Waals surface area contributed by atoms with Crippen LogP contribution < -0.4 is 0 Å². The van der Waals surface area contributed by atoms with E-state index in [1.165, 1.54) is 34.3 Å². The average molecular weight is 306 g/mol. The van der Waals surface area contributed by atoms with Crippen molar-refractivity contribution < 1.29 is 0 Å². The summed E-state index contributed by atoms with van der Waals surface area (Å²) < 4.78 is 0. The molecule has 0 aliphatic heterocycles. The van der Waals surface area contributed by atoms with Crippen LogP contribution in [-0.2, 0) is 0 Å². The van der Waals surface area contributed by atoms with Gasteiger partial charge in [0.25, 0.3) is 0 Å². The fraction of sp³-hybridized carbons (Fsp3) is 0.391. The Balaban J connectivity index is 1.85. The molecule has 0 heteroatoms. The lowest BCUT2D eigenvalue weighted by Gasteiger charge is -2.06. The van der Waals surface area contributed by atoms with Crippen molar-refractivity contribution in [2.24, 2.45) is 0 Å². The summed E-state index contributed by atoms with van der Waals surface area (Å²) in [5.74, 6) is 0.529. The van der Waals surface area contributed by atoms with Crippen molar-refractivity contribution in [1.82, 2.24) is 0 Å². The van der Waals surface area contributed by atoms with E-state index in [-0.39, 0.29) is 0 Å². The minimum atomic E-state index is 0.529. The number of rotatable bonds is 7. The van der Waals surface area contributed by atoms with Crippen LogP contribution in [0.25, 0.3) is 0 Å². The minimum absolute atomic E-state index is 0.529. The lowest BCUT2D eigenvalue weighted by molar-refractivity contribution is 0.877. The number of benzene rings is 1. The average Bonchev–Trinajstić information content (AvgIpc) is 2.89. The van der Waals surface area contributed by atoms with Gasteiger partial charge in [0.05, 0.1) is 0 Å². The van der Waals surface area contributed by atoms with Crippen molar-refractivity contribution in [2.75, 3.05) is 0 Å². The highest BCUT2D eigenvalue weighted by Gasteiger charge is 2.19. The van der Waals surface area contributed by atoms with E-state index in [1.54, 1.807) is 0 Å². The van der Waals surface area contributed by atoms with Gasteiger partial charge in [-0.05, 0) is 64.0 Å². The summed E-state index contributed by atoms with van der Waals surface area (Å²) in [6, 6.07) is 10.8. The Morgan fingerprint density at radius 1 is 1.09 bits per heavy atom. The third-order valence-corrected chi connectivity index (χ3v) is 4.55. The van der Waals surface area contributed by atoms with Crippen LogP contribution in [0.3, 0.4) is 0 Å². The normalized spacial score (nSPS) is 18.0. The topological polar surface area (TPSA) is 0 Å². The largest absolute Gasteiger partial charge is 0.0955 e. The zero-order valence-corrected chi connectivity index (χ0v) is 14.9. The van der Waals surface area contributed by atoms with Gasteiger partial charge >= 0.3 is 0 Å². The first-order chi connectivity index (χ1) is 11.1. The first kappa shape index (κ1) is 17.5. The van der Waals surface area contributed by atoms with Crippen LogP contribution in [0.5, 0.6) is 0 Å². The molecule has 0 bridgehead atoms. The third-order valence-electron chi connectivity index (χ3n) is 4.55. The van der Waals surface area contributed by atoms with Crippen LogP contribution >= 0.6 is 0 Å². The molecule has 0 saturated heterocycles. The molecule has 0 amide bonds. The maximum Gasteiger partial charge on any atom is 0.00641 e. The van der Waals surface area contributed by atoms with E-state index in [1.807, 2.05) is 0 Å². The Hall–Kier alpha value is -1.82. The van der Waals surface area contributed by atoms with Crippen molar-refractivity contribution >= 4 is 0 Å². The molecular formula is C23H30. The molecule has 0 N–H and O–H groups in total. The Morgan fingerprint density at radius 2 is 1.83 bits per heavy atom. The van der Waals surface area contributed by atoms with E-state index in [2.05, 4.69) is 75.9 Å². The quantitative estimate of drug-likeness (QED) is 0.470. The van der Waals surface area contributed by atoms with Gasteiger partial charge in [0, 0.05) is 5.92 Å². The Morgan fingerprint density at radius 3 is 2.52 bits per heavy atom. The summed E-state index contributed by atoms with van der Waals surface area (Å²) >= 11 is 0. The molecule has 0 saturated carbocycles. The van der Waals surface area contributed by atoms with Crippen LogP contribution in [0.1, 0.15) is 64.4 Å². The minimum Gasteiger partial charge on any atom is -0.0955 e. The molecule has 1 atom stereocenters. The molecule has 0 spiro atoms. The van der Waals surface area contributed by atoms with Gasteiger partial charge in [-0.2, -0.15) is 0 Å². The fourth-order valence-corrected chi connectivity index (χ4v) is 3.16. The summed E-state index contributed by atoms with van der Waals surface area (Å²) in [7, 11) is 0. The molecule has 1 aliphatic carbocycles. The van der Waals surface area contributed by atoms with E-state index < -0.39 is 0 Å². The Labute approximate surface area is 142 Å². The van der Waals surface area contributed by atoms with Gasteiger partial charge in [0.2, 0.25) is 0 Å². The summed E-state index contributed by atoms with van der Waals surface area (Å²) in [4.78, 5) is 0. The highest BCUT2D eigenvalue weighted by Crippen LogP contribution is 2.37. The van der Waals surface area contributed by atoms with E-state index in [4.69, 9.17) is 0 Å². The SMILES string of the molecule is C=C1CC(c2ccccc2)C=C1CC/C=C(\C)CCC=C(C)C. The monoisotopic (exact) mass is 306 g/mol. The molecule has 1 unspecified atom stereocenters. The first-order valence-corrected chi connectivity index (χ1v) is 8.79. The number of hydrogen-bond donors (Lipinski definition) is 0. The molecular weight excluding hydrogens is 276 g/mol. The zero-order valence-electron chi connectivity index (χ0n) is 14.9. The number of hydrogen-bond acceptors (Lipinski definition) is 0. The van der Waals surface area contributed by atoms with Crippen molar-refractivity contribution in [2.45, 2.75) is 58.8 Å². The Kier molecular flexibility index (Phi) is 6.65. The second-order valence-corrected chi connectivity index (χ2v) is 6.93. The number of allylic oxidation sites excluding steroid dienone is 7. The predicted molar refractivity (Wildman–Crippen MR) is 103 cm³/mol. The molecule has 0 heterocycles. The maximum absolute atomic E-state index is 4.28. The van der Waals surface area contributed by atoms with E-state index >= 15 is 0 Å². The first-order valence-electron chi connectivity index (χ1n) is 8.79. The molecule has 1 aromatic rings. The van der Waals surface area contributed by atoms with Crippen LogP contribution in [-0.4, -0.2) is 0 Å². The zero-order chi connectivity index (χ0) is 16.7. The van der Waals surface area contributed by atoms with Crippen LogP contribution in [0.2, 0.25) is 0 Å². The highest BCUT2D eigenvalue weighted by atomic mass is 14.2. The van der Waals surface area contributed by atoms with E-state index in [9.17, 15) is 0 Å². The van der Waals surface area contributed by atoms with E-state index in [0.29, 0.717) is 5.92 Å². The smallest absolute Gasteiger partial charge is 0.00641 e. The molecule has 23 heavy (non-hydrogen) atoms. The molecule has 2 rings (SSSR count). The van der Waals surface area contributed by atoms with Gasteiger partial charge in [-0.25, -0.2) is 0 Å². The molecule has 0 aromatic heterocycles. The summed E-state index contributed by atoms with van der Waals surface area (Å²) in [6.45, 7) is 10.9. The van der Waals surface area contributed by atoms with Crippen molar-refractivity contribution in [1.29, 1.82) is 0 Å². The predicted octanol–water partition coefficient (Wildman–Crippen LogP) is 7.13. The molecule has 1 aliphatic rings. The van der Waals surface area contributed by atoms with Crippen LogP contribution in [0.15, 0.2) is 77.4 Å². The molecule has 0 nitrogen and oxygen atoms in total. The highest BCUT2D eigenvalue weighted by molar-refractivity contribution is 5.42. The second kappa shape index (κ2) is 8.72.